The highest BCUT2D eigenvalue weighted by Crippen LogP contribution is 2.32. The summed E-state index contributed by atoms with van der Waals surface area (Å²) in [5.41, 5.74) is 3.35. The third-order valence-electron chi connectivity index (χ3n) is 4.12. The fourth-order valence-corrected chi connectivity index (χ4v) is 2.93. The van der Waals surface area contributed by atoms with Crippen LogP contribution in [0.15, 0.2) is 42.6 Å². The lowest BCUT2D eigenvalue weighted by molar-refractivity contribution is -0.131. The molecule has 0 spiro atoms. The molecule has 1 aromatic heterocycles. The Bertz CT molecular complexity index is 750. The van der Waals surface area contributed by atoms with Crippen molar-refractivity contribution in [3.63, 3.8) is 0 Å². The highest BCUT2D eigenvalue weighted by molar-refractivity contribution is 5.86. The van der Waals surface area contributed by atoms with Gasteiger partial charge < -0.3 is 10.0 Å². The van der Waals surface area contributed by atoms with Gasteiger partial charge in [0.1, 0.15) is 5.82 Å². The molecule has 0 aliphatic carbocycles. The van der Waals surface area contributed by atoms with Gasteiger partial charge in [0.05, 0.1) is 11.4 Å². The molecule has 0 unspecified atom stereocenters. The number of aliphatic carboxylic acids is 1. The van der Waals surface area contributed by atoms with Crippen molar-refractivity contribution in [3.05, 3.63) is 54.0 Å². The minimum Gasteiger partial charge on any atom is -0.478 e. The summed E-state index contributed by atoms with van der Waals surface area (Å²) in [6.45, 7) is 1.89. The zero-order valence-electron chi connectivity index (χ0n) is 13.3. The average Bonchev–Trinajstić information content (AvgIpc) is 2.61. The fraction of sp³-hybridized carbons (Fsp3) is 0.263. The standard InChI is InChI=1S/C19H19FN2O2/c20-16-7-5-15(6-8-16)19-17(22-10-2-1-3-11-22)12-14(13-21-19)4-9-18(23)24/h4-9,12-13H,1-3,10-11H2,(H,23,24). The van der Waals surface area contributed by atoms with Gasteiger partial charge in [-0.2, -0.15) is 0 Å². The average molecular weight is 326 g/mol. The summed E-state index contributed by atoms with van der Waals surface area (Å²) in [5.74, 6) is -1.27. The third-order valence-corrected chi connectivity index (χ3v) is 4.12. The summed E-state index contributed by atoms with van der Waals surface area (Å²) < 4.78 is 13.2. The molecule has 3 rings (SSSR count). The Morgan fingerprint density at radius 2 is 1.88 bits per heavy atom. The number of nitrogens with zero attached hydrogens (tertiary/aromatic N) is 2. The zero-order chi connectivity index (χ0) is 16.9. The van der Waals surface area contributed by atoms with Crippen LogP contribution in [0.2, 0.25) is 0 Å². The number of benzene rings is 1. The van der Waals surface area contributed by atoms with Crippen molar-refractivity contribution < 1.29 is 14.3 Å². The largest absolute Gasteiger partial charge is 0.478 e. The Morgan fingerprint density at radius 3 is 2.54 bits per heavy atom. The molecule has 1 aliphatic heterocycles. The SMILES string of the molecule is O=C(O)C=Cc1cnc(-c2ccc(F)cc2)c(N2CCCCC2)c1. The van der Waals surface area contributed by atoms with Gasteiger partial charge in [0.2, 0.25) is 0 Å². The van der Waals surface area contributed by atoms with E-state index in [9.17, 15) is 9.18 Å². The van der Waals surface area contributed by atoms with Gasteiger partial charge in [0, 0.05) is 30.9 Å². The monoisotopic (exact) mass is 326 g/mol. The van der Waals surface area contributed by atoms with E-state index in [1.54, 1.807) is 18.3 Å². The summed E-state index contributed by atoms with van der Waals surface area (Å²) in [7, 11) is 0. The smallest absolute Gasteiger partial charge is 0.328 e. The van der Waals surface area contributed by atoms with Gasteiger partial charge in [-0.1, -0.05) is 0 Å². The molecule has 1 N–H and O–H groups in total. The minimum absolute atomic E-state index is 0.278. The first-order valence-electron chi connectivity index (χ1n) is 8.05. The maximum absolute atomic E-state index is 13.2. The van der Waals surface area contributed by atoms with E-state index in [2.05, 4.69) is 9.88 Å². The van der Waals surface area contributed by atoms with E-state index in [1.807, 2.05) is 6.07 Å². The molecule has 1 saturated heterocycles. The highest BCUT2D eigenvalue weighted by Gasteiger charge is 2.17. The van der Waals surface area contributed by atoms with Gasteiger partial charge in [0.25, 0.3) is 0 Å². The molecular formula is C19H19FN2O2. The molecule has 24 heavy (non-hydrogen) atoms. The molecule has 0 radical (unpaired) electrons. The lowest BCUT2D eigenvalue weighted by Gasteiger charge is -2.30. The van der Waals surface area contributed by atoms with E-state index in [0.717, 1.165) is 54.5 Å². The number of aromatic nitrogens is 1. The van der Waals surface area contributed by atoms with E-state index in [1.165, 1.54) is 24.6 Å². The van der Waals surface area contributed by atoms with Gasteiger partial charge in [-0.05, 0) is 61.2 Å². The van der Waals surface area contributed by atoms with Gasteiger partial charge in [-0.25, -0.2) is 9.18 Å². The first-order valence-corrected chi connectivity index (χ1v) is 8.05. The van der Waals surface area contributed by atoms with Crippen molar-refractivity contribution in [2.45, 2.75) is 19.3 Å². The summed E-state index contributed by atoms with van der Waals surface area (Å²) in [4.78, 5) is 17.5. The predicted octanol–water partition coefficient (Wildman–Crippen LogP) is 3.98. The van der Waals surface area contributed by atoms with E-state index < -0.39 is 5.97 Å². The van der Waals surface area contributed by atoms with Crippen LogP contribution >= 0.6 is 0 Å². The molecule has 1 fully saturated rings. The first kappa shape index (κ1) is 16.2. The lowest BCUT2D eigenvalue weighted by Crippen LogP contribution is -2.30. The number of halogens is 1. The molecule has 1 aliphatic rings. The normalized spacial score (nSPS) is 15.0. The van der Waals surface area contributed by atoms with Crippen LogP contribution in [0.25, 0.3) is 17.3 Å². The van der Waals surface area contributed by atoms with Crippen molar-refractivity contribution in [2.75, 3.05) is 18.0 Å². The highest BCUT2D eigenvalue weighted by atomic mass is 19.1. The van der Waals surface area contributed by atoms with Gasteiger partial charge >= 0.3 is 5.97 Å². The van der Waals surface area contributed by atoms with Crippen LogP contribution in [-0.4, -0.2) is 29.1 Å². The molecule has 5 heteroatoms. The van der Waals surface area contributed by atoms with E-state index in [4.69, 9.17) is 5.11 Å². The first-order chi connectivity index (χ1) is 11.6. The molecule has 0 saturated carbocycles. The van der Waals surface area contributed by atoms with Gasteiger partial charge in [-0.3, -0.25) is 4.98 Å². The molecular weight excluding hydrogens is 307 g/mol. The number of rotatable bonds is 4. The van der Waals surface area contributed by atoms with Crippen molar-refractivity contribution in [2.24, 2.45) is 0 Å². The Balaban J connectivity index is 2.02. The number of piperidine rings is 1. The van der Waals surface area contributed by atoms with Crippen LogP contribution in [0.3, 0.4) is 0 Å². The Morgan fingerprint density at radius 1 is 1.17 bits per heavy atom. The molecule has 0 bridgehead atoms. The summed E-state index contributed by atoms with van der Waals surface area (Å²) >= 11 is 0. The van der Waals surface area contributed by atoms with Crippen molar-refractivity contribution in [1.82, 2.24) is 4.98 Å². The van der Waals surface area contributed by atoms with Crippen LogP contribution in [0.1, 0.15) is 24.8 Å². The maximum atomic E-state index is 13.2. The number of pyridine rings is 1. The fourth-order valence-electron chi connectivity index (χ4n) is 2.93. The van der Waals surface area contributed by atoms with Crippen molar-refractivity contribution in [3.8, 4) is 11.3 Å². The van der Waals surface area contributed by atoms with Gasteiger partial charge in [-0.15, -0.1) is 0 Å². The number of carboxylic acid groups (broad SMARTS) is 1. The third kappa shape index (κ3) is 3.79. The van der Waals surface area contributed by atoms with Crippen LogP contribution in [0.5, 0.6) is 0 Å². The number of carboxylic acids is 1. The second-order valence-electron chi connectivity index (χ2n) is 5.86. The van der Waals surface area contributed by atoms with Crippen LogP contribution < -0.4 is 4.90 Å². The van der Waals surface area contributed by atoms with E-state index >= 15 is 0 Å². The summed E-state index contributed by atoms with van der Waals surface area (Å²) in [6.07, 6.45) is 7.75. The topological polar surface area (TPSA) is 53.4 Å². The number of hydrogen-bond acceptors (Lipinski definition) is 3. The number of anilines is 1. The summed E-state index contributed by atoms with van der Waals surface area (Å²) in [5, 5.41) is 8.80. The lowest BCUT2D eigenvalue weighted by atomic mass is 10.0. The molecule has 4 nitrogen and oxygen atoms in total. The molecule has 1 aromatic carbocycles. The van der Waals surface area contributed by atoms with Crippen LogP contribution in [0.4, 0.5) is 10.1 Å². The van der Waals surface area contributed by atoms with E-state index in [-0.39, 0.29) is 5.82 Å². The summed E-state index contributed by atoms with van der Waals surface area (Å²) in [6, 6.07) is 8.25. The minimum atomic E-state index is -0.989. The Labute approximate surface area is 140 Å². The second kappa shape index (κ2) is 7.25. The zero-order valence-corrected chi connectivity index (χ0v) is 13.3. The Kier molecular flexibility index (Phi) is 4.89. The van der Waals surface area contributed by atoms with Crippen LogP contribution in [0, 0.1) is 5.82 Å². The van der Waals surface area contributed by atoms with Gasteiger partial charge in [0.15, 0.2) is 0 Å². The predicted molar refractivity (Wildman–Crippen MR) is 92.4 cm³/mol. The number of carbonyl (C=O) groups is 1. The van der Waals surface area contributed by atoms with E-state index in [0.29, 0.717) is 0 Å². The molecule has 2 aromatic rings. The quantitative estimate of drug-likeness (QED) is 0.864. The molecule has 0 amide bonds. The molecule has 2 heterocycles. The van der Waals surface area contributed by atoms with Crippen LogP contribution in [-0.2, 0) is 4.79 Å². The second-order valence-corrected chi connectivity index (χ2v) is 5.86. The van der Waals surface area contributed by atoms with Crippen molar-refractivity contribution in [1.29, 1.82) is 0 Å². The van der Waals surface area contributed by atoms with Crippen molar-refractivity contribution >= 4 is 17.7 Å². The Hall–Kier alpha value is -2.69. The molecule has 124 valence electrons. The molecule has 0 atom stereocenters. The number of hydrogen-bond donors (Lipinski definition) is 1. The maximum Gasteiger partial charge on any atom is 0.328 e.